The average Bonchev–Trinajstić information content (AvgIpc) is 2.70. The van der Waals surface area contributed by atoms with Crippen molar-refractivity contribution in [1.29, 1.82) is 5.26 Å². The molecule has 0 unspecified atom stereocenters. The Balaban J connectivity index is 1.86. The van der Waals surface area contributed by atoms with Gasteiger partial charge in [0.2, 0.25) is 5.91 Å². The first-order chi connectivity index (χ1) is 12.7. The van der Waals surface area contributed by atoms with Crippen LogP contribution in [0.15, 0.2) is 84.9 Å². The molecular weight excluding hydrogens is 320 g/mol. The molecule has 0 aliphatic carbocycles. The van der Waals surface area contributed by atoms with Crippen molar-refractivity contribution < 1.29 is 4.79 Å². The molecule has 0 radical (unpaired) electrons. The lowest BCUT2D eigenvalue weighted by Gasteiger charge is -2.25. The highest BCUT2D eigenvalue weighted by atomic mass is 16.2. The van der Waals surface area contributed by atoms with E-state index in [1.165, 1.54) is 0 Å². The Labute approximate surface area is 154 Å². The van der Waals surface area contributed by atoms with Crippen LogP contribution >= 0.6 is 0 Å². The topological polar surface area (TPSA) is 44.1 Å². The number of nitrogens with zero attached hydrogens (tertiary/aromatic N) is 2. The van der Waals surface area contributed by atoms with Gasteiger partial charge in [0.1, 0.15) is 0 Å². The lowest BCUT2D eigenvalue weighted by atomic mass is 9.90. The zero-order valence-corrected chi connectivity index (χ0v) is 14.7. The van der Waals surface area contributed by atoms with Crippen LogP contribution in [-0.2, 0) is 11.3 Å². The molecule has 1 amide bonds. The van der Waals surface area contributed by atoms with E-state index in [4.69, 9.17) is 5.26 Å². The fraction of sp³-hybridized carbons (Fsp3) is 0.130. The third-order valence-electron chi connectivity index (χ3n) is 4.39. The molecule has 0 aliphatic heterocycles. The molecule has 0 fully saturated rings. The normalized spacial score (nSPS) is 10.3. The van der Waals surface area contributed by atoms with Gasteiger partial charge >= 0.3 is 0 Å². The molecule has 128 valence electrons. The Morgan fingerprint density at radius 2 is 1.38 bits per heavy atom. The van der Waals surface area contributed by atoms with Gasteiger partial charge in [-0.2, -0.15) is 5.26 Å². The molecule has 3 aromatic rings. The van der Waals surface area contributed by atoms with E-state index in [0.717, 1.165) is 16.7 Å². The van der Waals surface area contributed by atoms with Crippen molar-refractivity contribution in [2.45, 2.75) is 12.5 Å². The first kappa shape index (κ1) is 17.4. The van der Waals surface area contributed by atoms with E-state index in [2.05, 4.69) is 6.07 Å². The monoisotopic (exact) mass is 340 g/mol. The maximum Gasteiger partial charge on any atom is 0.234 e. The van der Waals surface area contributed by atoms with Gasteiger partial charge in [-0.05, 0) is 28.8 Å². The van der Waals surface area contributed by atoms with Crippen LogP contribution in [0.5, 0.6) is 0 Å². The summed E-state index contributed by atoms with van der Waals surface area (Å²) < 4.78 is 0. The van der Waals surface area contributed by atoms with Gasteiger partial charge in [0.15, 0.2) is 0 Å². The van der Waals surface area contributed by atoms with E-state index < -0.39 is 0 Å². The van der Waals surface area contributed by atoms with E-state index in [-0.39, 0.29) is 11.8 Å². The first-order valence-corrected chi connectivity index (χ1v) is 8.53. The molecule has 0 bridgehead atoms. The van der Waals surface area contributed by atoms with Crippen LogP contribution in [0.3, 0.4) is 0 Å². The van der Waals surface area contributed by atoms with Crippen LogP contribution in [0.25, 0.3) is 0 Å². The summed E-state index contributed by atoms with van der Waals surface area (Å²) in [7, 11) is 1.82. The Kier molecular flexibility index (Phi) is 5.46. The first-order valence-electron chi connectivity index (χ1n) is 8.53. The van der Waals surface area contributed by atoms with Gasteiger partial charge in [-0.15, -0.1) is 0 Å². The van der Waals surface area contributed by atoms with Crippen LogP contribution in [0.4, 0.5) is 0 Å². The fourth-order valence-electron chi connectivity index (χ4n) is 3.03. The summed E-state index contributed by atoms with van der Waals surface area (Å²) in [5, 5.41) is 8.91. The number of amides is 1. The molecule has 0 aliphatic rings. The van der Waals surface area contributed by atoms with Crippen LogP contribution in [0.2, 0.25) is 0 Å². The molecule has 0 saturated carbocycles. The molecule has 26 heavy (non-hydrogen) atoms. The molecule has 0 heterocycles. The SMILES string of the molecule is CN(Cc1ccc(C#N)cc1)C(=O)C(c1ccccc1)c1ccccc1. The van der Waals surface area contributed by atoms with Gasteiger partial charge in [-0.1, -0.05) is 72.8 Å². The third kappa shape index (κ3) is 3.99. The van der Waals surface area contributed by atoms with Gasteiger partial charge < -0.3 is 4.90 Å². The maximum absolute atomic E-state index is 13.2. The van der Waals surface area contributed by atoms with Crippen molar-refractivity contribution in [3.8, 4) is 6.07 Å². The molecule has 3 heteroatoms. The number of rotatable bonds is 5. The summed E-state index contributed by atoms with van der Waals surface area (Å²) in [6.07, 6.45) is 0. The van der Waals surface area contributed by atoms with Crippen molar-refractivity contribution in [1.82, 2.24) is 4.90 Å². The average molecular weight is 340 g/mol. The van der Waals surface area contributed by atoms with Crippen LogP contribution in [-0.4, -0.2) is 17.9 Å². The second kappa shape index (κ2) is 8.13. The number of nitriles is 1. The van der Waals surface area contributed by atoms with E-state index in [1.807, 2.05) is 79.8 Å². The summed E-state index contributed by atoms with van der Waals surface area (Å²) in [4.78, 5) is 15.0. The molecule has 0 aromatic heterocycles. The van der Waals surface area contributed by atoms with Gasteiger partial charge in [-0.3, -0.25) is 4.79 Å². The smallest absolute Gasteiger partial charge is 0.234 e. The Hall–Kier alpha value is -3.38. The van der Waals surface area contributed by atoms with Gasteiger partial charge in [0.05, 0.1) is 17.6 Å². The highest BCUT2D eigenvalue weighted by Gasteiger charge is 2.25. The Morgan fingerprint density at radius 1 is 0.885 bits per heavy atom. The quantitative estimate of drug-likeness (QED) is 0.693. The molecule has 0 spiro atoms. The Morgan fingerprint density at radius 3 is 1.85 bits per heavy atom. The van der Waals surface area contributed by atoms with Crippen LogP contribution in [0.1, 0.15) is 28.2 Å². The predicted octanol–water partition coefficient (Wildman–Crippen LogP) is 4.35. The lowest BCUT2D eigenvalue weighted by molar-refractivity contribution is -0.131. The van der Waals surface area contributed by atoms with Gasteiger partial charge in [0, 0.05) is 13.6 Å². The zero-order chi connectivity index (χ0) is 18.4. The second-order valence-electron chi connectivity index (χ2n) is 6.26. The van der Waals surface area contributed by atoms with Gasteiger partial charge in [-0.25, -0.2) is 0 Å². The minimum absolute atomic E-state index is 0.0479. The largest absolute Gasteiger partial charge is 0.341 e. The third-order valence-corrected chi connectivity index (χ3v) is 4.39. The van der Waals surface area contributed by atoms with Crippen molar-refractivity contribution >= 4 is 5.91 Å². The van der Waals surface area contributed by atoms with E-state index in [0.29, 0.717) is 12.1 Å². The van der Waals surface area contributed by atoms with Crippen LogP contribution in [0, 0.1) is 11.3 Å². The van der Waals surface area contributed by atoms with Gasteiger partial charge in [0.25, 0.3) is 0 Å². The molecular formula is C23H20N2O. The molecule has 3 nitrogen and oxygen atoms in total. The molecule has 0 atom stereocenters. The Bertz CT molecular complexity index is 857. The second-order valence-corrected chi connectivity index (χ2v) is 6.26. The number of likely N-dealkylation sites (N-methyl/N-ethyl adjacent to an activating group) is 1. The molecule has 0 saturated heterocycles. The zero-order valence-electron chi connectivity index (χ0n) is 14.7. The fourth-order valence-corrected chi connectivity index (χ4v) is 3.03. The van der Waals surface area contributed by atoms with Crippen molar-refractivity contribution in [3.05, 3.63) is 107 Å². The minimum atomic E-state index is -0.333. The van der Waals surface area contributed by atoms with Crippen LogP contribution < -0.4 is 0 Å². The standard InChI is InChI=1S/C23H20N2O/c1-25(17-19-14-12-18(16-24)13-15-19)23(26)22(20-8-4-2-5-9-20)21-10-6-3-7-11-21/h2-15,22H,17H2,1H3. The van der Waals surface area contributed by atoms with Crippen molar-refractivity contribution in [2.75, 3.05) is 7.05 Å². The summed E-state index contributed by atoms with van der Waals surface area (Å²) >= 11 is 0. The van der Waals surface area contributed by atoms with E-state index in [9.17, 15) is 4.79 Å². The lowest BCUT2D eigenvalue weighted by Crippen LogP contribution is -2.32. The highest BCUT2D eigenvalue weighted by Crippen LogP contribution is 2.27. The maximum atomic E-state index is 13.2. The number of hydrogen-bond acceptors (Lipinski definition) is 2. The molecule has 3 rings (SSSR count). The minimum Gasteiger partial charge on any atom is -0.341 e. The van der Waals surface area contributed by atoms with E-state index in [1.54, 1.807) is 17.0 Å². The number of carbonyl (C=O) groups is 1. The highest BCUT2D eigenvalue weighted by molar-refractivity contribution is 5.87. The summed E-state index contributed by atoms with van der Waals surface area (Å²) in [6, 6.07) is 29.2. The number of carbonyl (C=O) groups excluding carboxylic acids is 1. The molecule has 0 N–H and O–H groups in total. The van der Waals surface area contributed by atoms with Crippen molar-refractivity contribution in [2.24, 2.45) is 0 Å². The summed E-state index contributed by atoms with van der Waals surface area (Å²) in [6.45, 7) is 0.501. The number of hydrogen-bond donors (Lipinski definition) is 0. The predicted molar refractivity (Wildman–Crippen MR) is 102 cm³/mol. The summed E-state index contributed by atoms with van der Waals surface area (Å²) in [5.41, 5.74) is 3.58. The molecule has 3 aromatic carbocycles. The summed E-state index contributed by atoms with van der Waals surface area (Å²) in [5.74, 6) is -0.285. The number of benzene rings is 3. The van der Waals surface area contributed by atoms with Crippen molar-refractivity contribution in [3.63, 3.8) is 0 Å². The van der Waals surface area contributed by atoms with E-state index >= 15 is 0 Å².